The molecule has 0 fully saturated rings. The number of hydrogen-bond acceptors (Lipinski definition) is 4. The molecule has 0 bridgehead atoms. The first-order valence-corrected chi connectivity index (χ1v) is 13.0. The minimum Gasteiger partial charge on any atom is -0.338 e. The maximum atomic E-state index is 14.7. The van der Waals surface area contributed by atoms with Crippen LogP contribution in [0.4, 0.5) is 20.6 Å². The van der Waals surface area contributed by atoms with Crippen LogP contribution in [-0.2, 0) is 14.8 Å². The molecule has 1 atom stereocenters. The lowest BCUT2D eigenvalue weighted by Gasteiger charge is -2.14. The van der Waals surface area contributed by atoms with Crippen LogP contribution in [-0.4, -0.2) is 26.9 Å². The number of halogens is 2. The van der Waals surface area contributed by atoms with E-state index < -0.39 is 21.8 Å². The fourth-order valence-corrected chi connectivity index (χ4v) is 4.33. The molecule has 3 aromatic rings. The highest BCUT2D eigenvalue weighted by Crippen LogP contribution is 2.29. The summed E-state index contributed by atoms with van der Waals surface area (Å²) in [5.74, 6) is -1.52. The summed E-state index contributed by atoms with van der Waals surface area (Å²) in [5, 5.41) is 13.8. The van der Waals surface area contributed by atoms with Crippen LogP contribution in [0.2, 0.25) is 5.02 Å². The van der Waals surface area contributed by atoms with E-state index in [0.717, 1.165) is 6.07 Å². The number of carbonyl (C=O) groups is 2. The molecule has 0 aliphatic heterocycles. The van der Waals surface area contributed by atoms with E-state index in [9.17, 15) is 22.4 Å². The minimum absolute atomic E-state index is 0.0239. The topological polar surface area (TPSA) is 130 Å². The van der Waals surface area contributed by atoms with Gasteiger partial charge in [0, 0.05) is 28.7 Å². The second kappa shape index (κ2) is 12.0. The van der Waals surface area contributed by atoms with Crippen LogP contribution in [0, 0.1) is 11.7 Å². The lowest BCUT2D eigenvalue weighted by Crippen LogP contribution is -2.30. The van der Waals surface area contributed by atoms with Crippen molar-refractivity contribution in [2.75, 3.05) is 17.2 Å². The summed E-state index contributed by atoms with van der Waals surface area (Å²) in [5.41, 5.74) is 1.15. The molecule has 0 spiro atoms. The van der Waals surface area contributed by atoms with Crippen LogP contribution in [0.25, 0.3) is 11.1 Å². The molecular formula is C25H26ClFN4O4S. The number of primary sulfonamides is 1. The quantitative estimate of drug-likeness (QED) is 0.290. The molecule has 0 heterocycles. The molecule has 3 amide bonds. The average molecular weight is 533 g/mol. The van der Waals surface area contributed by atoms with E-state index >= 15 is 0 Å². The van der Waals surface area contributed by atoms with Crippen molar-refractivity contribution in [3.05, 3.63) is 77.6 Å². The zero-order valence-corrected chi connectivity index (χ0v) is 21.0. The number of benzene rings is 3. The first-order valence-electron chi connectivity index (χ1n) is 11.1. The first-order chi connectivity index (χ1) is 17.0. The Morgan fingerprint density at radius 1 is 1.03 bits per heavy atom. The van der Waals surface area contributed by atoms with Gasteiger partial charge in [-0.1, -0.05) is 42.8 Å². The third-order valence-electron chi connectivity index (χ3n) is 5.38. The molecule has 0 aromatic heterocycles. The first kappa shape index (κ1) is 27.1. The predicted molar refractivity (Wildman–Crippen MR) is 139 cm³/mol. The van der Waals surface area contributed by atoms with Gasteiger partial charge >= 0.3 is 6.03 Å². The number of nitrogens with one attached hydrogen (secondary N) is 3. The Labute approximate surface area is 214 Å². The Kier molecular flexibility index (Phi) is 9.03. The lowest BCUT2D eigenvalue weighted by molar-refractivity contribution is -0.119. The Morgan fingerprint density at radius 3 is 2.39 bits per heavy atom. The van der Waals surface area contributed by atoms with Crippen molar-refractivity contribution in [2.24, 2.45) is 11.1 Å². The monoisotopic (exact) mass is 532 g/mol. The Bertz CT molecular complexity index is 1350. The Hall–Kier alpha value is -3.47. The Balaban J connectivity index is 1.51. The van der Waals surface area contributed by atoms with Crippen LogP contribution >= 0.6 is 11.6 Å². The van der Waals surface area contributed by atoms with Crippen molar-refractivity contribution in [1.29, 1.82) is 0 Å². The number of anilines is 2. The van der Waals surface area contributed by atoms with Crippen molar-refractivity contribution in [1.82, 2.24) is 5.32 Å². The van der Waals surface area contributed by atoms with Crippen molar-refractivity contribution < 1.29 is 22.4 Å². The van der Waals surface area contributed by atoms with Crippen LogP contribution in [0.15, 0.2) is 71.6 Å². The van der Waals surface area contributed by atoms with Gasteiger partial charge in [0.05, 0.1) is 10.6 Å². The summed E-state index contributed by atoms with van der Waals surface area (Å²) in [4.78, 5) is 24.3. The van der Waals surface area contributed by atoms with Crippen LogP contribution < -0.4 is 21.1 Å². The molecule has 11 heteroatoms. The van der Waals surface area contributed by atoms with Crippen molar-refractivity contribution in [3.63, 3.8) is 0 Å². The summed E-state index contributed by atoms with van der Waals surface area (Å²) in [6, 6.07) is 16.4. The van der Waals surface area contributed by atoms with E-state index in [4.69, 9.17) is 16.7 Å². The number of urea groups is 1. The SMILES string of the molecule is C[C@H](CCCNC(=O)Nc1ccc(Cl)cc1)C(=O)Nc1ccc(-c2ccccc2S(N)(=O)=O)cc1F. The van der Waals surface area contributed by atoms with Gasteiger partial charge in [0.15, 0.2) is 0 Å². The predicted octanol–water partition coefficient (Wildman–Crippen LogP) is 4.97. The zero-order valence-electron chi connectivity index (χ0n) is 19.4. The van der Waals surface area contributed by atoms with Gasteiger partial charge in [-0.25, -0.2) is 22.7 Å². The van der Waals surface area contributed by atoms with Gasteiger partial charge in [-0.3, -0.25) is 4.79 Å². The summed E-state index contributed by atoms with van der Waals surface area (Å²) in [7, 11) is -4.00. The highest BCUT2D eigenvalue weighted by Gasteiger charge is 2.18. The summed E-state index contributed by atoms with van der Waals surface area (Å²) in [6.07, 6.45) is 1.00. The highest BCUT2D eigenvalue weighted by molar-refractivity contribution is 7.89. The Morgan fingerprint density at radius 2 is 1.72 bits per heavy atom. The van der Waals surface area contributed by atoms with Crippen molar-refractivity contribution >= 4 is 44.9 Å². The van der Waals surface area contributed by atoms with Crippen molar-refractivity contribution in [2.45, 2.75) is 24.7 Å². The number of rotatable bonds is 9. The van der Waals surface area contributed by atoms with Gasteiger partial charge in [0.1, 0.15) is 5.82 Å². The molecule has 0 unspecified atom stereocenters. The smallest absolute Gasteiger partial charge is 0.319 e. The molecule has 36 heavy (non-hydrogen) atoms. The molecule has 8 nitrogen and oxygen atoms in total. The number of amides is 3. The standard InChI is InChI=1S/C25H26ClFN4O4S/c1-16(5-4-14-29-25(33)30-19-11-9-18(26)10-12-19)24(32)31-22-13-8-17(15-21(22)27)20-6-2-3-7-23(20)36(28,34)35/h2-3,6-13,15-16H,4-5,14H2,1H3,(H,31,32)(H2,28,34,35)(H2,29,30,33)/t16-/m1/s1. The zero-order chi connectivity index (χ0) is 26.3. The van der Waals surface area contributed by atoms with Gasteiger partial charge in [-0.15, -0.1) is 0 Å². The van der Waals surface area contributed by atoms with Crippen LogP contribution in [0.3, 0.4) is 0 Å². The fourth-order valence-electron chi connectivity index (χ4n) is 3.44. The summed E-state index contributed by atoms with van der Waals surface area (Å²) < 4.78 is 38.4. The number of carbonyl (C=O) groups excluding carboxylic acids is 2. The number of hydrogen-bond donors (Lipinski definition) is 4. The number of sulfonamides is 1. The van der Waals surface area contributed by atoms with Crippen LogP contribution in [0.5, 0.6) is 0 Å². The van der Waals surface area contributed by atoms with Crippen LogP contribution in [0.1, 0.15) is 19.8 Å². The molecule has 5 N–H and O–H groups in total. The van der Waals surface area contributed by atoms with Gasteiger partial charge in [-0.05, 0) is 60.9 Å². The molecule has 0 radical (unpaired) electrons. The summed E-state index contributed by atoms with van der Waals surface area (Å²) in [6.45, 7) is 2.06. The van der Waals surface area contributed by atoms with E-state index in [0.29, 0.717) is 35.7 Å². The average Bonchev–Trinajstić information content (AvgIpc) is 2.83. The molecule has 190 valence electrons. The molecular weight excluding hydrogens is 507 g/mol. The highest BCUT2D eigenvalue weighted by atomic mass is 35.5. The van der Waals surface area contributed by atoms with Gasteiger partial charge in [-0.2, -0.15) is 0 Å². The van der Waals surface area contributed by atoms with E-state index in [1.165, 1.54) is 30.3 Å². The molecule has 0 aliphatic carbocycles. The van der Waals surface area contributed by atoms with E-state index in [-0.39, 0.29) is 28.1 Å². The number of nitrogens with two attached hydrogens (primary N) is 1. The third kappa shape index (κ3) is 7.51. The van der Waals surface area contributed by atoms with E-state index in [1.807, 2.05) is 0 Å². The van der Waals surface area contributed by atoms with Gasteiger partial charge < -0.3 is 16.0 Å². The maximum absolute atomic E-state index is 14.7. The molecule has 0 saturated heterocycles. The normalized spacial score (nSPS) is 12.0. The minimum atomic E-state index is -4.00. The molecule has 3 aromatic carbocycles. The van der Waals surface area contributed by atoms with Gasteiger partial charge in [0.2, 0.25) is 15.9 Å². The second-order valence-corrected chi connectivity index (χ2v) is 10.1. The second-order valence-electron chi connectivity index (χ2n) is 8.16. The fraction of sp³-hybridized carbons (Fsp3) is 0.200. The molecule has 0 aliphatic rings. The van der Waals surface area contributed by atoms with E-state index in [1.54, 1.807) is 37.3 Å². The molecule has 0 saturated carbocycles. The van der Waals surface area contributed by atoms with E-state index in [2.05, 4.69) is 16.0 Å². The molecule has 3 rings (SSSR count). The summed E-state index contributed by atoms with van der Waals surface area (Å²) >= 11 is 5.81. The van der Waals surface area contributed by atoms with Gasteiger partial charge in [0.25, 0.3) is 0 Å². The third-order valence-corrected chi connectivity index (χ3v) is 6.60. The van der Waals surface area contributed by atoms with Crippen molar-refractivity contribution in [3.8, 4) is 11.1 Å². The lowest BCUT2D eigenvalue weighted by atomic mass is 10.0. The largest absolute Gasteiger partial charge is 0.338 e. The maximum Gasteiger partial charge on any atom is 0.319 e.